The minimum Gasteiger partial charge on any atom is -0.504 e. The quantitative estimate of drug-likeness (QED) is 0.310. The van der Waals surface area contributed by atoms with Gasteiger partial charge in [-0.1, -0.05) is 38.7 Å². The lowest BCUT2D eigenvalue weighted by Gasteiger charge is -2.07. The first kappa shape index (κ1) is 23.9. The monoisotopic (exact) mass is 367 g/mol. The van der Waals surface area contributed by atoms with Crippen molar-refractivity contribution in [1.82, 2.24) is 5.48 Å². The molecule has 0 atom stereocenters. The number of phenols is 1. The Kier molecular flexibility index (Phi) is 14.0. The third-order valence-electron chi connectivity index (χ3n) is 3.72. The fourth-order valence-corrected chi connectivity index (χ4v) is 2.25. The zero-order chi connectivity index (χ0) is 19.8. The second-order valence-corrected chi connectivity index (χ2v) is 6.14. The van der Waals surface area contributed by atoms with Crippen molar-refractivity contribution < 1.29 is 24.6 Å². The molecule has 6 heteroatoms. The van der Waals surface area contributed by atoms with Gasteiger partial charge in [0.2, 0.25) is 5.91 Å². The molecule has 148 valence electrons. The van der Waals surface area contributed by atoms with Crippen molar-refractivity contribution in [3.05, 3.63) is 23.8 Å². The predicted molar refractivity (Wildman–Crippen MR) is 102 cm³/mol. The van der Waals surface area contributed by atoms with Crippen LogP contribution < -0.4 is 10.2 Å². The van der Waals surface area contributed by atoms with E-state index in [0.29, 0.717) is 31.6 Å². The molecule has 0 unspecified atom stereocenters. The molecule has 1 aromatic rings. The van der Waals surface area contributed by atoms with Crippen LogP contribution in [0, 0.1) is 0 Å². The third-order valence-corrected chi connectivity index (χ3v) is 3.72. The van der Waals surface area contributed by atoms with Gasteiger partial charge in [0.05, 0.1) is 6.61 Å². The molecule has 0 fully saturated rings. The van der Waals surface area contributed by atoms with Gasteiger partial charge in [0.1, 0.15) is 5.78 Å². The Labute approximate surface area is 156 Å². The molecule has 6 nitrogen and oxygen atoms in total. The van der Waals surface area contributed by atoms with E-state index in [1.807, 2.05) is 6.92 Å². The number of carbonyl (C=O) groups excluding carboxylic acids is 2. The van der Waals surface area contributed by atoms with Crippen LogP contribution in [-0.2, 0) is 16.0 Å². The molecule has 0 aliphatic heterocycles. The van der Waals surface area contributed by atoms with Crippen LogP contribution in [0.4, 0.5) is 0 Å². The number of Topliss-reactive ketones (excluding diaryl/α,β-unsaturated/α-hetero) is 1. The lowest BCUT2D eigenvalue weighted by atomic mass is 10.1. The summed E-state index contributed by atoms with van der Waals surface area (Å²) in [7, 11) is 0. The Morgan fingerprint density at radius 1 is 1.08 bits per heavy atom. The number of nitrogens with one attached hydrogen (secondary N) is 1. The molecule has 1 rings (SSSR count). The lowest BCUT2D eigenvalue weighted by molar-refractivity contribution is -0.129. The molecule has 26 heavy (non-hydrogen) atoms. The number of hydrogen-bond donors (Lipinski definition) is 3. The molecule has 0 aliphatic rings. The van der Waals surface area contributed by atoms with Gasteiger partial charge in [-0.3, -0.25) is 10.0 Å². The van der Waals surface area contributed by atoms with Crippen LogP contribution in [0.1, 0.15) is 71.3 Å². The topological polar surface area (TPSA) is 95.9 Å². The standard InChI is InChI=1S/C12H16O3.C8H17NO2/c1-3-15-12-8-10(5-4-9(2)13)6-7-11(12)14;1-2-3-4-5-6-7-8(10)9-11/h6-8,14H,3-5H2,1-2H3;11H,2-7H2,1H3,(H,9,10). The number of benzene rings is 1. The first-order chi connectivity index (χ1) is 12.4. The largest absolute Gasteiger partial charge is 0.504 e. The molecular weight excluding hydrogens is 334 g/mol. The highest BCUT2D eigenvalue weighted by molar-refractivity contribution is 5.75. The molecule has 1 aromatic carbocycles. The number of hydrogen-bond acceptors (Lipinski definition) is 5. The first-order valence-electron chi connectivity index (χ1n) is 9.31. The van der Waals surface area contributed by atoms with Crippen molar-refractivity contribution in [2.24, 2.45) is 0 Å². The minimum absolute atomic E-state index is 0.142. The van der Waals surface area contributed by atoms with E-state index in [-0.39, 0.29) is 17.4 Å². The number of carbonyl (C=O) groups is 2. The fraction of sp³-hybridized carbons (Fsp3) is 0.600. The van der Waals surface area contributed by atoms with Crippen LogP contribution in [0.5, 0.6) is 11.5 Å². The maximum Gasteiger partial charge on any atom is 0.243 e. The summed E-state index contributed by atoms with van der Waals surface area (Å²) in [4.78, 5) is 21.3. The Hall–Kier alpha value is -2.08. The summed E-state index contributed by atoms with van der Waals surface area (Å²) in [6, 6.07) is 5.18. The number of rotatable bonds is 11. The average Bonchev–Trinajstić information content (AvgIpc) is 2.62. The summed E-state index contributed by atoms with van der Waals surface area (Å²) in [6.45, 7) is 6.11. The Morgan fingerprint density at radius 3 is 2.35 bits per heavy atom. The number of phenolic OH excluding ortho intramolecular Hbond substituents is 1. The highest BCUT2D eigenvalue weighted by Gasteiger charge is 2.04. The maximum absolute atomic E-state index is 10.8. The highest BCUT2D eigenvalue weighted by Crippen LogP contribution is 2.27. The van der Waals surface area contributed by atoms with Crippen LogP contribution >= 0.6 is 0 Å². The van der Waals surface area contributed by atoms with Crippen LogP contribution in [-0.4, -0.2) is 28.6 Å². The molecule has 3 N–H and O–H groups in total. The number of aryl methyl sites for hydroxylation is 1. The lowest BCUT2D eigenvalue weighted by Crippen LogP contribution is -2.17. The van der Waals surface area contributed by atoms with Crippen molar-refractivity contribution in [3.8, 4) is 11.5 Å². The molecule has 0 aliphatic carbocycles. The molecule has 0 radical (unpaired) electrons. The van der Waals surface area contributed by atoms with Crippen molar-refractivity contribution in [1.29, 1.82) is 0 Å². The molecule has 0 saturated heterocycles. The molecule has 0 spiro atoms. The van der Waals surface area contributed by atoms with Gasteiger partial charge in [-0.15, -0.1) is 0 Å². The van der Waals surface area contributed by atoms with Crippen LogP contribution in [0.25, 0.3) is 0 Å². The summed E-state index contributed by atoms with van der Waals surface area (Å²) in [5.41, 5.74) is 2.62. The summed E-state index contributed by atoms with van der Waals surface area (Å²) >= 11 is 0. The second kappa shape index (κ2) is 15.2. The van der Waals surface area contributed by atoms with Gasteiger partial charge in [0, 0.05) is 12.8 Å². The Balaban J connectivity index is 0.000000508. The van der Waals surface area contributed by atoms with E-state index in [4.69, 9.17) is 9.94 Å². The predicted octanol–water partition coefficient (Wildman–Crippen LogP) is 4.16. The van der Waals surface area contributed by atoms with Gasteiger partial charge in [0.25, 0.3) is 0 Å². The van der Waals surface area contributed by atoms with E-state index in [1.165, 1.54) is 19.3 Å². The van der Waals surface area contributed by atoms with Gasteiger partial charge in [0.15, 0.2) is 11.5 Å². The molecule has 0 bridgehead atoms. The van der Waals surface area contributed by atoms with Crippen LogP contribution in [0.3, 0.4) is 0 Å². The maximum atomic E-state index is 10.8. The van der Waals surface area contributed by atoms with Crippen molar-refractivity contribution >= 4 is 11.7 Å². The van der Waals surface area contributed by atoms with Gasteiger partial charge in [-0.2, -0.15) is 0 Å². The second-order valence-electron chi connectivity index (χ2n) is 6.14. The summed E-state index contributed by atoms with van der Waals surface area (Å²) < 4.78 is 5.25. The zero-order valence-electron chi connectivity index (χ0n) is 16.2. The summed E-state index contributed by atoms with van der Waals surface area (Å²) in [5.74, 6) is 0.518. The molecule has 0 saturated carbocycles. The Bertz CT molecular complexity index is 531. The Morgan fingerprint density at radius 2 is 1.77 bits per heavy atom. The zero-order valence-corrected chi connectivity index (χ0v) is 16.2. The van der Waals surface area contributed by atoms with E-state index in [2.05, 4.69) is 6.92 Å². The van der Waals surface area contributed by atoms with E-state index >= 15 is 0 Å². The molecule has 0 heterocycles. The van der Waals surface area contributed by atoms with E-state index < -0.39 is 0 Å². The van der Waals surface area contributed by atoms with Gasteiger partial charge < -0.3 is 14.6 Å². The normalized spacial score (nSPS) is 9.85. The van der Waals surface area contributed by atoms with E-state index in [0.717, 1.165) is 18.4 Å². The van der Waals surface area contributed by atoms with Gasteiger partial charge in [-0.25, -0.2) is 5.48 Å². The van der Waals surface area contributed by atoms with Gasteiger partial charge in [-0.05, 0) is 44.4 Å². The molecule has 1 amide bonds. The summed E-state index contributed by atoms with van der Waals surface area (Å²) in [6.07, 6.45) is 7.27. The van der Waals surface area contributed by atoms with Crippen molar-refractivity contribution in [2.75, 3.05) is 6.61 Å². The minimum atomic E-state index is -0.276. The average molecular weight is 367 g/mol. The third kappa shape index (κ3) is 12.3. The van der Waals surface area contributed by atoms with E-state index in [1.54, 1.807) is 30.6 Å². The number of amides is 1. The highest BCUT2D eigenvalue weighted by atomic mass is 16.5. The summed E-state index contributed by atoms with van der Waals surface area (Å²) in [5, 5.41) is 17.6. The van der Waals surface area contributed by atoms with Crippen molar-refractivity contribution in [3.63, 3.8) is 0 Å². The van der Waals surface area contributed by atoms with Crippen LogP contribution in [0.15, 0.2) is 18.2 Å². The van der Waals surface area contributed by atoms with Crippen LogP contribution in [0.2, 0.25) is 0 Å². The molecule has 0 aromatic heterocycles. The smallest absolute Gasteiger partial charge is 0.243 e. The number of ether oxygens (including phenoxy) is 1. The fourth-order valence-electron chi connectivity index (χ4n) is 2.25. The number of aromatic hydroxyl groups is 1. The van der Waals surface area contributed by atoms with E-state index in [9.17, 15) is 14.7 Å². The van der Waals surface area contributed by atoms with Gasteiger partial charge >= 0.3 is 0 Å². The number of hydroxylamine groups is 1. The van der Waals surface area contributed by atoms with Crippen molar-refractivity contribution in [2.45, 2.75) is 72.1 Å². The SMILES string of the molecule is CCCCCCCC(=O)NO.CCOc1cc(CCC(C)=O)ccc1O. The molecular formula is C20H33NO5. The first-order valence-corrected chi connectivity index (χ1v) is 9.31. The number of unbranched alkanes of at least 4 members (excludes halogenated alkanes) is 4. The number of ketones is 1.